The van der Waals surface area contributed by atoms with Crippen LogP contribution in [0.3, 0.4) is 0 Å². The van der Waals surface area contributed by atoms with E-state index in [1.807, 2.05) is 0 Å². The summed E-state index contributed by atoms with van der Waals surface area (Å²) < 4.78 is 39.6. The van der Waals surface area contributed by atoms with Gasteiger partial charge in [-0.1, -0.05) is 12.1 Å². The van der Waals surface area contributed by atoms with Gasteiger partial charge >= 0.3 is 6.18 Å². The minimum atomic E-state index is -4.50. The number of alkyl halides is 3. The van der Waals surface area contributed by atoms with Gasteiger partial charge in [-0.05, 0) is 50.3 Å². The van der Waals surface area contributed by atoms with Crippen LogP contribution in [0.25, 0.3) is 5.69 Å². The number of aryl methyl sites for hydroxylation is 1. The second-order valence-corrected chi connectivity index (χ2v) is 8.34. The Labute approximate surface area is 194 Å². The normalized spacial score (nSPS) is 18.5. The summed E-state index contributed by atoms with van der Waals surface area (Å²) in [6.45, 7) is 1.97. The topological polar surface area (TPSA) is 105 Å². The largest absolute Gasteiger partial charge is 0.434 e. The Hall–Kier alpha value is -3.47. The van der Waals surface area contributed by atoms with Crippen molar-refractivity contribution in [3.8, 4) is 5.69 Å². The summed E-state index contributed by atoms with van der Waals surface area (Å²) in [5.74, 6) is 0.660. The summed E-state index contributed by atoms with van der Waals surface area (Å²) in [6.07, 6.45) is 1.73. The predicted molar refractivity (Wildman–Crippen MR) is 118 cm³/mol. The van der Waals surface area contributed by atoms with Crippen LogP contribution in [0.5, 0.6) is 0 Å². The van der Waals surface area contributed by atoms with E-state index in [0.717, 1.165) is 30.9 Å². The number of aliphatic hydroxyl groups is 1. The van der Waals surface area contributed by atoms with E-state index in [1.165, 1.54) is 10.8 Å². The zero-order valence-corrected chi connectivity index (χ0v) is 18.5. The third-order valence-corrected chi connectivity index (χ3v) is 5.75. The molecule has 8 nitrogen and oxygen atoms in total. The molecule has 1 fully saturated rings. The lowest BCUT2D eigenvalue weighted by Gasteiger charge is -2.27. The van der Waals surface area contributed by atoms with Gasteiger partial charge in [0.15, 0.2) is 5.69 Å². The Morgan fingerprint density at radius 2 is 1.85 bits per heavy atom. The number of aliphatic hydroxyl groups excluding tert-OH is 1. The molecule has 180 valence electrons. The molecule has 2 aromatic heterocycles. The van der Waals surface area contributed by atoms with Gasteiger partial charge in [0.1, 0.15) is 17.2 Å². The highest BCUT2D eigenvalue weighted by Gasteiger charge is 2.33. The zero-order chi connectivity index (χ0) is 24.3. The molecule has 34 heavy (non-hydrogen) atoms. The molecule has 1 aliphatic rings. The van der Waals surface area contributed by atoms with Gasteiger partial charge in [0.05, 0.1) is 12.4 Å². The molecule has 3 aromatic rings. The summed E-state index contributed by atoms with van der Waals surface area (Å²) in [7, 11) is 0. The van der Waals surface area contributed by atoms with E-state index in [9.17, 15) is 23.1 Å². The summed E-state index contributed by atoms with van der Waals surface area (Å²) in [5, 5.41) is 15.9. The third-order valence-electron chi connectivity index (χ3n) is 5.75. The Balaban J connectivity index is 1.39. The number of aromatic nitrogens is 4. The summed E-state index contributed by atoms with van der Waals surface area (Å²) in [5.41, 5.74) is 0.663. The lowest BCUT2D eigenvalue weighted by atomic mass is 9.93. The maximum Gasteiger partial charge on any atom is 0.434 e. The molecule has 0 aliphatic heterocycles. The lowest BCUT2D eigenvalue weighted by molar-refractivity contribution is -0.140. The van der Waals surface area contributed by atoms with E-state index in [1.54, 1.807) is 31.2 Å². The van der Waals surface area contributed by atoms with Gasteiger partial charge in [-0.15, -0.1) is 0 Å². The number of hydrogen-bond donors (Lipinski definition) is 3. The van der Waals surface area contributed by atoms with Crippen molar-refractivity contribution in [2.45, 2.75) is 57.5 Å². The zero-order valence-electron chi connectivity index (χ0n) is 18.5. The van der Waals surface area contributed by atoms with Gasteiger partial charge in [-0.3, -0.25) is 4.79 Å². The number of imidazole rings is 1. The van der Waals surface area contributed by atoms with Gasteiger partial charge in [0.25, 0.3) is 5.91 Å². The fraction of sp³-hybridized carbons (Fsp3) is 0.391. The highest BCUT2D eigenvalue weighted by atomic mass is 19.4. The standard InChI is InChI=1S/C23H25F3N6O2/c1-14-27-11-19(21(30-14)31-16-4-8-18(33)9-5-16)22(34)28-10-15-2-6-17(7-3-15)32-12-20(29-13-32)23(24,25)26/h2-3,6-7,11-13,16,18,33H,4-5,8-10H2,1H3,(H,28,34)(H,27,30,31)/t16-,18-. The van der Waals surface area contributed by atoms with E-state index in [0.29, 0.717) is 35.7 Å². The number of anilines is 1. The Morgan fingerprint density at radius 3 is 2.50 bits per heavy atom. The summed E-state index contributed by atoms with van der Waals surface area (Å²) >= 11 is 0. The van der Waals surface area contributed by atoms with Gasteiger partial charge < -0.3 is 20.3 Å². The number of nitrogens with zero attached hydrogens (tertiary/aromatic N) is 4. The Kier molecular flexibility index (Phi) is 6.82. The first kappa shape index (κ1) is 23.7. The Morgan fingerprint density at radius 1 is 1.15 bits per heavy atom. The van der Waals surface area contributed by atoms with Crippen molar-refractivity contribution in [1.29, 1.82) is 0 Å². The number of hydrogen-bond acceptors (Lipinski definition) is 6. The smallest absolute Gasteiger partial charge is 0.393 e. The molecular weight excluding hydrogens is 449 g/mol. The van der Waals surface area contributed by atoms with Crippen LogP contribution in [-0.4, -0.2) is 42.7 Å². The Bertz CT molecular complexity index is 1140. The first-order valence-corrected chi connectivity index (χ1v) is 11.0. The lowest BCUT2D eigenvalue weighted by Crippen LogP contribution is -2.31. The molecule has 2 heterocycles. The van der Waals surface area contributed by atoms with Crippen LogP contribution in [0.15, 0.2) is 43.0 Å². The molecule has 0 saturated heterocycles. The second-order valence-electron chi connectivity index (χ2n) is 8.34. The number of carbonyl (C=O) groups is 1. The van der Waals surface area contributed by atoms with Gasteiger partial charge in [0.2, 0.25) is 0 Å². The van der Waals surface area contributed by atoms with E-state index >= 15 is 0 Å². The van der Waals surface area contributed by atoms with Crippen molar-refractivity contribution in [3.05, 3.63) is 65.6 Å². The van der Waals surface area contributed by atoms with Gasteiger partial charge in [0, 0.05) is 30.7 Å². The van der Waals surface area contributed by atoms with Crippen molar-refractivity contribution in [2.75, 3.05) is 5.32 Å². The molecule has 1 amide bonds. The average molecular weight is 474 g/mol. The summed E-state index contributed by atoms with van der Waals surface area (Å²) in [6, 6.07) is 6.88. The van der Waals surface area contributed by atoms with Crippen LogP contribution >= 0.6 is 0 Å². The average Bonchev–Trinajstić information content (AvgIpc) is 3.31. The van der Waals surface area contributed by atoms with Crippen molar-refractivity contribution in [1.82, 2.24) is 24.8 Å². The van der Waals surface area contributed by atoms with E-state index in [4.69, 9.17) is 0 Å². The fourth-order valence-corrected chi connectivity index (χ4v) is 3.83. The van der Waals surface area contributed by atoms with E-state index in [2.05, 4.69) is 25.6 Å². The van der Waals surface area contributed by atoms with Crippen molar-refractivity contribution in [3.63, 3.8) is 0 Å². The molecule has 0 bridgehead atoms. The molecule has 0 radical (unpaired) electrons. The number of nitrogens with one attached hydrogen (secondary N) is 2. The maximum atomic E-state index is 12.8. The monoisotopic (exact) mass is 474 g/mol. The molecule has 1 saturated carbocycles. The van der Waals surface area contributed by atoms with Crippen LogP contribution in [0.4, 0.5) is 19.0 Å². The number of benzene rings is 1. The number of carbonyl (C=O) groups excluding carboxylic acids is 1. The highest BCUT2D eigenvalue weighted by molar-refractivity contribution is 5.98. The molecule has 0 spiro atoms. The molecule has 0 atom stereocenters. The predicted octanol–water partition coefficient (Wildman–Crippen LogP) is 3.63. The van der Waals surface area contributed by atoms with Gasteiger partial charge in [-0.2, -0.15) is 13.2 Å². The third kappa shape index (κ3) is 5.71. The second kappa shape index (κ2) is 9.80. The summed E-state index contributed by atoms with van der Waals surface area (Å²) in [4.78, 5) is 24.8. The van der Waals surface area contributed by atoms with E-state index < -0.39 is 11.9 Å². The van der Waals surface area contributed by atoms with Crippen LogP contribution in [-0.2, 0) is 12.7 Å². The van der Waals surface area contributed by atoms with Crippen LogP contribution < -0.4 is 10.6 Å². The quantitative estimate of drug-likeness (QED) is 0.504. The molecule has 0 unspecified atom stereocenters. The van der Waals surface area contributed by atoms with Crippen LogP contribution in [0.1, 0.15) is 53.1 Å². The molecule has 3 N–H and O–H groups in total. The molecule has 4 rings (SSSR count). The maximum absolute atomic E-state index is 12.8. The number of rotatable bonds is 6. The number of amides is 1. The molecular formula is C23H25F3N6O2. The van der Waals surface area contributed by atoms with Crippen LogP contribution in [0, 0.1) is 6.92 Å². The van der Waals surface area contributed by atoms with Crippen molar-refractivity contribution < 1.29 is 23.1 Å². The fourth-order valence-electron chi connectivity index (χ4n) is 3.83. The van der Waals surface area contributed by atoms with Crippen molar-refractivity contribution >= 4 is 11.7 Å². The van der Waals surface area contributed by atoms with Gasteiger partial charge in [-0.25, -0.2) is 15.0 Å². The minimum Gasteiger partial charge on any atom is -0.393 e. The van der Waals surface area contributed by atoms with Crippen molar-refractivity contribution in [2.24, 2.45) is 0 Å². The molecule has 1 aliphatic carbocycles. The van der Waals surface area contributed by atoms with E-state index in [-0.39, 0.29) is 24.6 Å². The minimum absolute atomic E-state index is 0.123. The van der Waals surface area contributed by atoms with Crippen LogP contribution in [0.2, 0.25) is 0 Å². The first-order chi connectivity index (χ1) is 16.2. The molecule has 11 heteroatoms. The SMILES string of the molecule is Cc1ncc(C(=O)NCc2ccc(-n3cnc(C(F)(F)F)c3)cc2)c(N[C@H]2CC[C@H](O)CC2)n1. The number of halogens is 3. The molecule has 1 aromatic carbocycles. The highest BCUT2D eigenvalue weighted by Crippen LogP contribution is 2.28. The first-order valence-electron chi connectivity index (χ1n) is 11.0.